The number of carbonyl (C=O) groups excluding carboxylic acids is 1. The number of nitrogens with zero attached hydrogens (tertiary/aromatic N) is 1. The molecule has 0 aliphatic carbocycles. The van der Waals surface area contributed by atoms with Crippen molar-refractivity contribution in [2.75, 3.05) is 19.4 Å². The number of methoxy groups -OCH3 is 1. The molecule has 0 aliphatic rings. The van der Waals surface area contributed by atoms with Gasteiger partial charge in [0.25, 0.3) is 5.91 Å². The summed E-state index contributed by atoms with van der Waals surface area (Å²) >= 11 is 1.60. The fraction of sp³-hybridized carbons (Fsp3) is 0.286. The van der Waals surface area contributed by atoms with Crippen molar-refractivity contribution in [1.82, 2.24) is 10.3 Å². The summed E-state index contributed by atoms with van der Waals surface area (Å²) in [4.78, 5) is 16.4. The minimum Gasteiger partial charge on any atom is -0.497 e. The van der Waals surface area contributed by atoms with Gasteiger partial charge in [0.2, 0.25) is 0 Å². The predicted octanol–water partition coefficient (Wildman–Crippen LogP) is 2.01. The first-order chi connectivity index (χ1) is 9.58. The van der Waals surface area contributed by atoms with Crippen LogP contribution in [0.4, 0.5) is 5.69 Å². The lowest BCUT2D eigenvalue weighted by molar-refractivity contribution is 0.0954. The molecule has 0 saturated carbocycles. The van der Waals surface area contributed by atoms with E-state index in [1.165, 1.54) is 0 Å². The third-order valence-electron chi connectivity index (χ3n) is 2.72. The number of amides is 1. The van der Waals surface area contributed by atoms with Crippen LogP contribution < -0.4 is 15.8 Å². The molecular formula is C14H17N3O2S. The van der Waals surface area contributed by atoms with Crippen molar-refractivity contribution in [3.05, 3.63) is 39.8 Å². The Morgan fingerprint density at radius 1 is 1.45 bits per heavy atom. The summed E-state index contributed by atoms with van der Waals surface area (Å²) < 4.78 is 5.09. The molecule has 0 unspecified atom stereocenters. The summed E-state index contributed by atoms with van der Waals surface area (Å²) in [5.41, 5.74) is 7.74. The highest BCUT2D eigenvalue weighted by Gasteiger charge is 2.08. The van der Waals surface area contributed by atoms with Gasteiger partial charge in [-0.25, -0.2) is 4.98 Å². The van der Waals surface area contributed by atoms with Crippen molar-refractivity contribution in [3.8, 4) is 5.75 Å². The molecule has 1 aromatic heterocycles. The minimum atomic E-state index is -0.163. The van der Waals surface area contributed by atoms with Gasteiger partial charge in [0, 0.05) is 41.4 Å². The zero-order valence-corrected chi connectivity index (χ0v) is 12.3. The molecule has 0 spiro atoms. The molecule has 1 amide bonds. The number of hydrogen-bond donors (Lipinski definition) is 2. The number of nitrogen functional groups attached to an aromatic ring is 1. The first-order valence-electron chi connectivity index (χ1n) is 6.22. The van der Waals surface area contributed by atoms with Crippen LogP contribution >= 0.6 is 11.3 Å². The van der Waals surface area contributed by atoms with Crippen LogP contribution in [0.2, 0.25) is 0 Å². The Morgan fingerprint density at radius 3 is 2.90 bits per heavy atom. The number of ether oxygens (including phenoxy) is 1. The Hall–Kier alpha value is -2.08. The molecule has 0 radical (unpaired) electrons. The number of carbonyl (C=O) groups is 1. The Bertz CT molecular complexity index is 610. The molecule has 0 saturated heterocycles. The molecule has 106 valence electrons. The quantitative estimate of drug-likeness (QED) is 0.826. The fourth-order valence-corrected chi connectivity index (χ4v) is 2.55. The minimum absolute atomic E-state index is 0.163. The van der Waals surface area contributed by atoms with Crippen molar-refractivity contribution in [1.29, 1.82) is 0 Å². The molecule has 20 heavy (non-hydrogen) atoms. The number of aromatic nitrogens is 1. The molecule has 5 nitrogen and oxygen atoms in total. The van der Waals surface area contributed by atoms with Gasteiger partial charge in [-0.2, -0.15) is 0 Å². The number of benzene rings is 1. The SMILES string of the molecule is COc1cc(N)cc(C(=O)NCCc2nc(C)cs2)c1. The summed E-state index contributed by atoms with van der Waals surface area (Å²) in [6.07, 6.45) is 0.726. The summed E-state index contributed by atoms with van der Waals surface area (Å²) in [5, 5.41) is 5.87. The highest BCUT2D eigenvalue weighted by atomic mass is 32.1. The molecule has 2 aromatic rings. The predicted molar refractivity (Wildman–Crippen MR) is 80.3 cm³/mol. The second kappa shape index (κ2) is 6.38. The maximum Gasteiger partial charge on any atom is 0.251 e. The molecule has 3 N–H and O–H groups in total. The third kappa shape index (κ3) is 3.71. The number of nitrogens with two attached hydrogens (primary N) is 1. The molecule has 1 heterocycles. The number of anilines is 1. The van der Waals surface area contributed by atoms with Crippen LogP contribution in [0.5, 0.6) is 5.75 Å². The van der Waals surface area contributed by atoms with Crippen LogP contribution in [0, 0.1) is 6.92 Å². The Labute approximate surface area is 121 Å². The van der Waals surface area contributed by atoms with Crippen LogP contribution in [0.3, 0.4) is 0 Å². The summed E-state index contributed by atoms with van der Waals surface area (Å²) in [6, 6.07) is 4.97. The number of aryl methyl sites for hydroxylation is 1. The van der Waals surface area contributed by atoms with Crippen LogP contribution in [-0.4, -0.2) is 24.5 Å². The molecule has 0 aliphatic heterocycles. The Balaban J connectivity index is 1.93. The summed E-state index contributed by atoms with van der Waals surface area (Å²) in [6.45, 7) is 2.50. The van der Waals surface area contributed by atoms with E-state index in [1.54, 1.807) is 36.6 Å². The van der Waals surface area contributed by atoms with Gasteiger partial charge >= 0.3 is 0 Å². The van der Waals surface area contributed by atoms with Gasteiger partial charge in [0.05, 0.1) is 12.1 Å². The largest absolute Gasteiger partial charge is 0.497 e. The monoisotopic (exact) mass is 291 g/mol. The molecule has 6 heteroatoms. The van der Waals surface area contributed by atoms with Crippen LogP contribution in [0.1, 0.15) is 21.1 Å². The van der Waals surface area contributed by atoms with Crippen molar-refractivity contribution in [2.24, 2.45) is 0 Å². The fourth-order valence-electron chi connectivity index (χ4n) is 1.77. The lowest BCUT2D eigenvalue weighted by atomic mass is 10.1. The topological polar surface area (TPSA) is 77.2 Å². The second-order valence-corrected chi connectivity index (χ2v) is 5.33. The van der Waals surface area contributed by atoms with Crippen LogP contribution in [0.15, 0.2) is 23.6 Å². The van der Waals surface area contributed by atoms with Crippen molar-refractivity contribution < 1.29 is 9.53 Å². The van der Waals surface area contributed by atoms with E-state index < -0.39 is 0 Å². The van der Waals surface area contributed by atoms with Crippen molar-refractivity contribution in [2.45, 2.75) is 13.3 Å². The van der Waals surface area contributed by atoms with E-state index in [-0.39, 0.29) is 5.91 Å². The van der Waals surface area contributed by atoms with Crippen LogP contribution in [0.25, 0.3) is 0 Å². The lowest BCUT2D eigenvalue weighted by Gasteiger charge is -2.07. The maximum absolute atomic E-state index is 12.0. The van der Waals surface area contributed by atoms with Crippen molar-refractivity contribution in [3.63, 3.8) is 0 Å². The summed E-state index contributed by atoms with van der Waals surface area (Å²) in [7, 11) is 1.54. The maximum atomic E-state index is 12.0. The van der Waals surface area contributed by atoms with E-state index in [0.717, 1.165) is 17.1 Å². The standard InChI is InChI=1S/C14H17N3O2S/c1-9-8-20-13(17-9)3-4-16-14(18)10-5-11(15)7-12(6-10)19-2/h5-8H,3-4,15H2,1-2H3,(H,16,18). The molecule has 0 atom stereocenters. The molecule has 2 rings (SSSR count). The van der Waals surface area contributed by atoms with E-state index >= 15 is 0 Å². The summed E-state index contributed by atoms with van der Waals surface area (Å²) in [5.74, 6) is 0.412. The van der Waals surface area contributed by atoms with E-state index in [1.807, 2.05) is 12.3 Å². The average Bonchev–Trinajstić information content (AvgIpc) is 2.83. The third-order valence-corrected chi connectivity index (χ3v) is 3.74. The van der Waals surface area contributed by atoms with E-state index in [2.05, 4.69) is 10.3 Å². The molecule has 0 fully saturated rings. The van der Waals surface area contributed by atoms with Gasteiger partial charge in [0.1, 0.15) is 5.75 Å². The first-order valence-corrected chi connectivity index (χ1v) is 7.10. The number of hydrogen-bond acceptors (Lipinski definition) is 5. The lowest BCUT2D eigenvalue weighted by Crippen LogP contribution is -2.25. The van der Waals surface area contributed by atoms with Gasteiger partial charge in [0.15, 0.2) is 0 Å². The van der Waals surface area contributed by atoms with Gasteiger partial charge in [-0.3, -0.25) is 4.79 Å². The van der Waals surface area contributed by atoms with E-state index in [0.29, 0.717) is 23.5 Å². The second-order valence-electron chi connectivity index (χ2n) is 4.38. The van der Waals surface area contributed by atoms with Crippen LogP contribution in [-0.2, 0) is 6.42 Å². The first kappa shape index (κ1) is 14.3. The normalized spacial score (nSPS) is 10.3. The zero-order valence-electron chi connectivity index (χ0n) is 11.5. The van der Waals surface area contributed by atoms with E-state index in [9.17, 15) is 4.79 Å². The number of thiazole rings is 1. The molecule has 1 aromatic carbocycles. The Kier molecular flexibility index (Phi) is 4.57. The van der Waals surface area contributed by atoms with Gasteiger partial charge in [-0.15, -0.1) is 11.3 Å². The number of rotatable bonds is 5. The average molecular weight is 291 g/mol. The highest BCUT2D eigenvalue weighted by Crippen LogP contribution is 2.18. The van der Waals surface area contributed by atoms with Gasteiger partial charge in [-0.1, -0.05) is 0 Å². The molecular weight excluding hydrogens is 274 g/mol. The zero-order chi connectivity index (χ0) is 14.5. The van der Waals surface area contributed by atoms with E-state index in [4.69, 9.17) is 10.5 Å². The molecule has 0 bridgehead atoms. The smallest absolute Gasteiger partial charge is 0.251 e. The van der Waals surface area contributed by atoms with Gasteiger partial charge < -0.3 is 15.8 Å². The Morgan fingerprint density at radius 2 is 2.25 bits per heavy atom. The highest BCUT2D eigenvalue weighted by molar-refractivity contribution is 7.09. The van der Waals surface area contributed by atoms with Gasteiger partial charge in [-0.05, 0) is 19.1 Å². The number of nitrogens with one attached hydrogen (secondary N) is 1. The van der Waals surface area contributed by atoms with Crippen molar-refractivity contribution >= 4 is 22.9 Å².